The Labute approximate surface area is 199 Å². The number of hydrogen-bond donors (Lipinski definition) is 0. The maximum Gasteiger partial charge on any atom is 0.269 e. The first-order valence-corrected chi connectivity index (χ1v) is 10.7. The number of rotatable bonds is 6. The Kier molecular flexibility index (Phi) is 5.31. The number of methoxy groups -OCH3 is 2. The average molecular weight is 476 g/mol. The molecule has 3 aliphatic rings. The molecule has 2 aromatic carbocycles. The Hall–Kier alpha value is -4.54. The van der Waals surface area contributed by atoms with Crippen molar-refractivity contribution in [1.29, 1.82) is 0 Å². The lowest BCUT2D eigenvalue weighted by atomic mass is 9.86. The molecule has 2 fully saturated rings. The van der Waals surface area contributed by atoms with Gasteiger partial charge in [0.25, 0.3) is 5.69 Å². The third kappa shape index (κ3) is 3.35. The highest BCUT2D eigenvalue weighted by Gasteiger charge is 2.64. The highest BCUT2D eigenvalue weighted by atomic mass is 16.6. The van der Waals surface area contributed by atoms with Crippen molar-refractivity contribution in [3.63, 3.8) is 0 Å². The molecule has 0 radical (unpaired) electrons. The molecule has 0 unspecified atom stereocenters. The molecular formula is C24H20N4O7. The molecule has 178 valence electrons. The highest BCUT2D eigenvalue weighted by Crippen LogP contribution is 2.46. The molecule has 11 heteroatoms. The summed E-state index contributed by atoms with van der Waals surface area (Å²) in [5, 5.41) is 16.8. The van der Waals surface area contributed by atoms with Crippen LogP contribution >= 0.6 is 0 Å². The summed E-state index contributed by atoms with van der Waals surface area (Å²) in [6.45, 7) is 0. The molecule has 2 saturated heterocycles. The van der Waals surface area contributed by atoms with Gasteiger partial charge in [0.05, 0.1) is 42.7 Å². The van der Waals surface area contributed by atoms with E-state index < -0.39 is 40.7 Å². The molecule has 35 heavy (non-hydrogen) atoms. The fraction of sp³-hybridized carbons (Fsp3) is 0.250. The van der Waals surface area contributed by atoms with Gasteiger partial charge in [0.2, 0.25) is 11.8 Å². The quantitative estimate of drug-likeness (QED) is 0.268. The van der Waals surface area contributed by atoms with Crippen LogP contribution in [0.25, 0.3) is 0 Å². The van der Waals surface area contributed by atoms with Crippen LogP contribution in [0.1, 0.15) is 10.4 Å². The minimum Gasteiger partial charge on any atom is -0.493 e. The number of nitro groups is 1. The second-order valence-electron chi connectivity index (χ2n) is 8.24. The minimum absolute atomic E-state index is 0.162. The van der Waals surface area contributed by atoms with Crippen molar-refractivity contribution < 1.29 is 28.8 Å². The van der Waals surface area contributed by atoms with E-state index in [0.29, 0.717) is 11.5 Å². The molecule has 0 spiro atoms. The van der Waals surface area contributed by atoms with Gasteiger partial charge in [-0.2, -0.15) is 5.10 Å². The smallest absolute Gasteiger partial charge is 0.269 e. The predicted molar refractivity (Wildman–Crippen MR) is 123 cm³/mol. The van der Waals surface area contributed by atoms with Crippen molar-refractivity contribution in [2.45, 2.75) is 12.1 Å². The van der Waals surface area contributed by atoms with Crippen LogP contribution in [0.4, 0.5) is 11.4 Å². The lowest BCUT2D eigenvalue weighted by molar-refractivity contribution is -0.384. The van der Waals surface area contributed by atoms with Gasteiger partial charge in [0, 0.05) is 23.9 Å². The number of ketones is 1. The Morgan fingerprint density at radius 3 is 2.34 bits per heavy atom. The molecule has 2 aromatic rings. The van der Waals surface area contributed by atoms with Crippen LogP contribution in [0.5, 0.6) is 11.5 Å². The number of ether oxygens (including phenoxy) is 2. The number of carbonyl (C=O) groups excluding carboxylic acids is 3. The number of nitrogens with zero attached hydrogens (tertiary/aromatic N) is 4. The molecule has 3 heterocycles. The van der Waals surface area contributed by atoms with Crippen LogP contribution in [0.2, 0.25) is 0 Å². The molecule has 0 aromatic heterocycles. The van der Waals surface area contributed by atoms with Gasteiger partial charge < -0.3 is 9.47 Å². The van der Waals surface area contributed by atoms with Crippen LogP contribution in [0, 0.1) is 22.0 Å². The summed E-state index contributed by atoms with van der Waals surface area (Å²) >= 11 is 0. The SMILES string of the molecule is COc1ccc(C(=O)[C@H]2[C@@H]3C(=O)N(c4ccc([N+](=O)[O-])cc4)C(=O)[C@@H]3[C@H]3C=CC=NN32)cc1OC. The summed E-state index contributed by atoms with van der Waals surface area (Å²) in [4.78, 5) is 52.3. The standard InChI is InChI=1S/C24H20N4O7/c1-34-17-10-5-13(12-18(17)35-2)22(29)21-20-19(16-4-3-11-25-27(16)21)23(30)26(24(20)31)14-6-8-15(9-7-14)28(32)33/h3-12,16,19-21H,1-2H3/t16-,19-,20-,21-/m1/s1. The Morgan fingerprint density at radius 1 is 1.00 bits per heavy atom. The van der Waals surface area contributed by atoms with E-state index in [1.165, 1.54) is 55.8 Å². The van der Waals surface area contributed by atoms with E-state index in [0.717, 1.165) is 4.90 Å². The molecule has 0 bridgehead atoms. The zero-order valence-corrected chi connectivity index (χ0v) is 18.7. The number of benzene rings is 2. The number of Topliss-reactive ketones (excluding diaryl/α,β-unsaturated/α-hetero) is 1. The molecule has 0 saturated carbocycles. The second-order valence-corrected chi connectivity index (χ2v) is 8.24. The molecular weight excluding hydrogens is 456 g/mol. The van der Waals surface area contributed by atoms with Gasteiger partial charge in [-0.3, -0.25) is 29.5 Å². The van der Waals surface area contributed by atoms with Gasteiger partial charge in [-0.05, 0) is 36.4 Å². The first kappa shape index (κ1) is 22.3. The largest absolute Gasteiger partial charge is 0.493 e. The fourth-order valence-corrected chi connectivity index (χ4v) is 4.98. The lowest BCUT2D eigenvalue weighted by Gasteiger charge is -2.30. The molecule has 5 rings (SSSR count). The van der Waals surface area contributed by atoms with Gasteiger partial charge in [-0.15, -0.1) is 0 Å². The first-order chi connectivity index (χ1) is 16.9. The summed E-state index contributed by atoms with van der Waals surface area (Å²) < 4.78 is 10.6. The Bertz CT molecular complexity index is 1300. The van der Waals surface area contributed by atoms with E-state index in [9.17, 15) is 24.5 Å². The van der Waals surface area contributed by atoms with Crippen LogP contribution in [0.15, 0.2) is 59.7 Å². The van der Waals surface area contributed by atoms with E-state index in [1.54, 1.807) is 24.3 Å². The maximum absolute atomic E-state index is 13.7. The third-order valence-corrected chi connectivity index (χ3v) is 6.55. The van der Waals surface area contributed by atoms with Gasteiger partial charge in [0.1, 0.15) is 6.04 Å². The fourth-order valence-electron chi connectivity index (χ4n) is 4.98. The van der Waals surface area contributed by atoms with Gasteiger partial charge in [-0.25, -0.2) is 4.90 Å². The van der Waals surface area contributed by atoms with E-state index in [1.807, 2.05) is 0 Å². The van der Waals surface area contributed by atoms with Crippen LogP contribution in [0.3, 0.4) is 0 Å². The number of imide groups is 1. The maximum atomic E-state index is 13.7. The normalized spacial score (nSPS) is 24.4. The van der Waals surface area contributed by atoms with Gasteiger partial charge >= 0.3 is 0 Å². The van der Waals surface area contributed by atoms with E-state index in [2.05, 4.69) is 5.10 Å². The van der Waals surface area contributed by atoms with Gasteiger partial charge in [0.15, 0.2) is 17.3 Å². The predicted octanol–water partition coefficient (Wildman–Crippen LogP) is 2.21. The molecule has 4 atom stereocenters. The summed E-state index contributed by atoms with van der Waals surface area (Å²) in [7, 11) is 2.94. The molecule has 0 aliphatic carbocycles. The molecule has 0 N–H and O–H groups in total. The van der Waals surface area contributed by atoms with Gasteiger partial charge in [-0.1, -0.05) is 6.08 Å². The minimum atomic E-state index is -1.02. The highest BCUT2D eigenvalue weighted by molar-refractivity contribution is 6.24. The van der Waals surface area contributed by atoms with Crippen molar-refractivity contribution in [1.82, 2.24) is 5.01 Å². The van der Waals surface area contributed by atoms with Crippen LogP contribution in [-0.2, 0) is 9.59 Å². The van der Waals surface area contributed by atoms with Crippen molar-refractivity contribution in [3.05, 3.63) is 70.3 Å². The molecule has 2 amide bonds. The number of nitro benzene ring substituents is 1. The number of fused-ring (bicyclic) bond motifs is 3. The van der Waals surface area contributed by atoms with Crippen LogP contribution in [-0.4, -0.2) is 60.0 Å². The number of non-ortho nitro benzene ring substituents is 1. The van der Waals surface area contributed by atoms with Crippen molar-refractivity contribution in [2.75, 3.05) is 19.1 Å². The third-order valence-electron chi connectivity index (χ3n) is 6.55. The Morgan fingerprint density at radius 2 is 1.69 bits per heavy atom. The van der Waals surface area contributed by atoms with E-state index >= 15 is 0 Å². The van der Waals surface area contributed by atoms with Crippen molar-refractivity contribution in [3.8, 4) is 11.5 Å². The summed E-state index contributed by atoms with van der Waals surface area (Å²) in [6.07, 6.45) is 4.93. The number of allylic oxidation sites excluding steroid dienone is 1. The summed E-state index contributed by atoms with van der Waals surface area (Å²) in [5.74, 6) is -2.43. The zero-order valence-electron chi connectivity index (χ0n) is 18.7. The number of hydrogen-bond acceptors (Lipinski definition) is 9. The summed E-state index contributed by atoms with van der Waals surface area (Å²) in [5.41, 5.74) is 0.336. The average Bonchev–Trinajstić information content (AvgIpc) is 3.35. The number of hydrazone groups is 1. The zero-order chi connectivity index (χ0) is 24.9. The Balaban J connectivity index is 1.54. The summed E-state index contributed by atoms with van der Waals surface area (Å²) in [6, 6.07) is 8.26. The first-order valence-electron chi connectivity index (χ1n) is 10.7. The van der Waals surface area contributed by atoms with Crippen molar-refractivity contribution >= 4 is 35.2 Å². The lowest BCUT2D eigenvalue weighted by Crippen LogP contribution is -2.46. The monoisotopic (exact) mass is 476 g/mol. The van der Waals surface area contributed by atoms with E-state index in [4.69, 9.17) is 9.47 Å². The van der Waals surface area contributed by atoms with Crippen LogP contribution < -0.4 is 14.4 Å². The molecule has 3 aliphatic heterocycles. The second kappa shape index (κ2) is 8.35. The van der Waals surface area contributed by atoms with Crippen molar-refractivity contribution in [2.24, 2.45) is 16.9 Å². The number of amides is 2. The molecule has 11 nitrogen and oxygen atoms in total. The topological polar surface area (TPSA) is 132 Å². The number of anilines is 1. The number of carbonyl (C=O) groups is 3. The van der Waals surface area contributed by atoms with E-state index in [-0.39, 0.29) is 22.7 Å².